The first-order valence-electron chi connectivity index (χ1n) is 5.49. The van der Waals surface area contributed by atoms with Crippen LogP contribution in [0.2, 0.25) is 0 Å². The third-order valence-electron chi connectivity index (χ3n) is 2.33. The Morgan fingerprint density at radius 2 is 2.31 bits per heavy atom. The van der Waals surface area contributed by atoms with E-state index in [2.05, 4.69) is 18.4 Å². The van der Waals surface area contributed by atoms with Crippen molar-refractivity contribution in [1.82, 2.24) is 5.43 Å². The largest absolute Gasteiger partial charge is 0.497 e. The Labute approximate surface area is 102 Å². The van der Waals surface area contributed by atoms with Crippen LogP contribution in [-0.4, -0.2) is 18.6 Å². The highest BCUT2D eigenvalue weighted by Crippen LogP contribution is 2.22. The molecule has 0 aromatic heterocycles. The van der Waals surface area contributed by atoms with Gasteiger partial charge in [-0.3, -0.25) is 11.3 Å². The lowest BCUT2D eigenvalue weighted by Gasteiger charge is -2.16. The average Bonchev–Trinajstić information content (AvgIpc) is 2.35. The van der Waals surface area contributed by atoms with Crippen molar-refractivity contribution in [1.29, 1.82) is 0 Å². The van der Waals surface area contributed by atoms with E-state index in [-0.39, 0.29) is 6.04 Å². The van der Waals surface area contributed by atoms with E-state index in [0.29, 0.717) is 0 Å². The summed E-state index contributed by atoms with van der Waals surface area (Å²) in [4.78, 5) is 0. The van der Waals surface area contributed by atoms with Crippen LogP contribution in [0.15, 0.2) is 24.3 Å². The summed E-state index contributed by atoms with van der Waals surface area (Å²) in [6.07, 6.45) is 1.19. The summed E-state index contributed by atoms with van der Waals surface area (Å²) in [6.45, 7) is 2.18. The molecule has 1 aromatic rings. The number of rotatable bonds is 7. The van der Waals surface area contributed by atoms with Crippen molar-refractivity contribution in [2.75, 3.05) is 18.6 Å². The van der Waals surface area contributed by atoms with Crippen LogP contribution >= 0.6 is 11.8 Å². The molecule has 0 saturated heterocycles. The Bertz CT molecular complexity index is 307. The Morgan fingerprint density at radius 3 is 2.94 bits per heavy atom. The van der Waals surface area contributed by atoms with Gasteiger partial charge in [-0.25, -0.2) is 0 Å². The second-order valence-corrected chi connectivity index (χ2v) is 4.72. The van der Waals surface area contributed by atoms with Crippen molar-refractivity contribution in [3.63, 3.8) is 0 Å². The topological polar surface area (TPSA) is 47.3 Å². The first-order valence-corrected chi connectivity index (χ1v) is 6.65. The van der Waals surface area contributed by atoms with Gasteiger partial charge in [0.2, 0.25) is 0 Å². The molecule has 1 atom stereocenters. The minimum Gasteiger partial charge on any atom is -0.497 e. The summed E-state index contributed by atoms with van der Waals surface area (Å²) in [6, 6.07) is 8.21. The zero-order valence-electron chi connectivity index (χ0n) is 9.90. The van der Waals surface area contributed by atoms with Gasteiger partial charge in [0.05, 0.1) is 13.2 Å². The maximum absolute atomic E-state index is 5.57. The fourth-order valence-electron chi connectivity index (χ4n) is 1.44. The summed E-state index contributed by atoms with van der Waals surface area (Å²) >= 11 is 1.91. The van der Waals surface area contributed by atoms with Gasteiger partial charge >= 0.3 is 0 Å². The van der Waals surface area contributed by atoms with E-state index in [9.17, 15) is 0 Å². The van der Waals surface area contributed by atoms with Gasteiger partial charge in [0, 0.05) is 5.75 Å². The smallest absolute Gasteiger partial charge is 0.119 e. The van der Waals surface area contributed by atoms with Crippen LogP contribution < -0.4 is 16.0 Å². The fraction of sp³-hybridized carbons (Fsp3) is 0.500. The number of hydrogen-bond acceptors (Lipinski definition) is 4. The maximum atomic E-state index is 5.57. The SMILES string of the molecule is CCCSCC(NN)c1cccc(OC)c1. The molecule has 0 amide bonds. The molecule has 0 aliphatic carbocycles. The summed E-state index contributed by atoms with van der Waals surface area (Å²) in [5, 5.41) is 0. The molecule has 1 unspecified atom stereocenters. The molecule has 0 aliphatic rings. The molecule has 0 saturated carbocycles. The van der Waals surface area contributed by atoms with Crippen molar-refractivity contribution in [2.45, 2.75) is 19.4 Å². The quantitative estimate of drug-likeness (QED) is 0.436. The first-order chi connectivity index (χ1) is 7.81. The second kappa shape index (κ2) is 7.54. The van der Waals surface area contributed by atoms with Crippen LogP contribution in [0.25, 0.3) is 0 Å². The lowest BCUT2D eigenvalue weighted by Crippen LogP contribution is -2.29. The van der Waals surface area contributed by atoms with Crippen LogP contribution in [0.3, 0.4) is 0 Å². The molecule has 0 bridgehead atoms. The number of nitrogens with one attached hydrogen (secondary N) is 1. The summed E-state index contributed by atoms with van der Waals surface area (Å²) in [7, 11) is 1.68. The zero-order chi connectivity index (χ0) is 11.8. The lowest BCUT2D eigenvalue weighted by atomic mass is 10.1. The Balaban J connectivity index is 2.62. The van der Waals surface area contributed by atoms with Crippen LogP contribution in [-0.2, 0) is 0 Å². The highest BCUT2D eigenvalue weighted by Gasteiger charge is 2.09. The number of methoxy groups -OCH3 is 1. The molecule has 90 valence electrons. The number of ether oxygens (including phenoxy) is 1. The van der Waals surface area contributed by atoms with E-state index in [1.807, 2.05) is 30.0 Å². The van der Waals surface area contributed by atoms with Gasteiger partial charge in [-0.15, -0.1) is 0 Å². The van der Waals surface area contributed by atoms with E-state index in [0.717, 1.165) is 11.5 Å². The van der Waals surface area contributed by atoms with Gasteiger partial charge in [0.25, 0.3) is 0 Å². The predicted molar refractivity (Wildman–Crippen MR) is 70.7 cm³/mol. The molecule has 16 heavy (non-hydrogen) atoms. The molecule has 3 N–H and O–H groups in total. The molecule has 0 radical (unpaired) electrons. The standard InChI is InChI=1S/C12H20N2OS/c1-3-7-16-9-12(14-13)10-5-4-6-11(8-10)15-2/h4-6,8,12,14H,3,7,9,13H2,1-2H3. The molecule has 1 aromatic carbocycles. The monoisotopic (exact) mass is 240 g/mol. The fourth-order valence-corrected chi connectivity index (χ4v) is 2.42. The summed E-state index contributed by atoms with van der Waals surface area (Å²) in [5.41, 5.74) is 4.02. The molecular formula is C12H20N2OS. The summed E-state index contributed by atoms with van der Waals surface area (Å²) in [5.74, 6) is 8.60. The van der Waals surface area contributed by atoms with Crippen molar-refractivity contribution >= 4 is 11.8 Å². The highest BCUT2D eigenvalue weighted by atomic mass is 32.2. The Morgan fingerprint density at radius 1 is 1.50 bits per heavy atom. The van der Waals surface area contributed by atoms with Crippen molar-refractivity contribution in [2.24, 2.45) is 5.84 Å². The van der Waals surface area contributed by atoms with E-state index in [1.54, 1.807) is 7.11 Å². The van der Waals surface area contributed by atoms with Crippen LogP contribution in [0.4, 0.5) is 0 Å². The Hall–Kier alpha value is -0.710. The number of hydrogen-bond donors (Lipinski definition) is 2. The molecule has 0 spiro atoms. The first kappa shape index (κ1) is 13.4. The van der Waals surface area contributed by atoms with Gasteiger partial charge in [-0.05, 0) is 29.9 Å². The van der Waals surface area contributed by atoms with Crippen LogP contribution in [0.1, 0.15) is 24.9 Å². The van der Waals surface area contributed by atoms with Crippen molar-refractivity contribution < 1.29 is 4.74 Å². The molecule has 4 heteroatoms. The van der Waals surface area contributed by atoms with Crippen LogP contribution in [0.5, 0.6) is 5.75 Å². The van der Waals surface area contributed by atoms with Gasteiger partial charge in [0.15, 0.2) is 0 Å². The van der Waals surface area contributed by atoms with Gasteiger partial charge in [0.1, 0.15) is 5.75 Å². The molecule has 0 fully saturated rings. The van der Waals surface area contributed by atoms with Crippen molar-refractivity contribution in [3.05, 3.63) is 29.8 Å². The lowest BCUT2D eigenvalue weighted by molar-refractivity contribution is 0.413. The molecular weight excluding hydrogens is 220 g/mol. The van der Waals surface area contributed by atoms with Crippen molar-refractivity contribution in [3.8, 4) is 5.75 Å². The van der Waals surface area contributed by atoms with E-state index >= 15 is 0 Å². The third kappa shape index (κ3) is 4.04. The van der Waals surface area contributed by atoms with E-state index in [1.165, 1.54) is 17.7 Å². The number of benzene rings is 1. The third-order valence-corrected chi connectivity index (χ3v) is 3.60. The number of thioether (sulfide) groups is 1. The average molecular weight is 240 g/mol. The maximum Gasteiger partial charge on any atom is 0.119 e. The predicted octanol–water partition coefficient (Wildman–Crippen LogP) is 2.34. The molecule has 1 rings (SSSR count). The Kier molecular flexibility index (Phi) is 6.30. The molecule has 0 aliphatic heterocycles. The molecule has 3 nitrogen and oxygen atoms in total. The van der Waals surface area contributed by atoms with Gasteiger partial charge in [-0.2, -0.15) is 11.8 Å². The second-order valence-electron chi connectivity index (χ2n) is 3.57. The highest BCUT2D eigenvalue weighted by molar-refractivity contribution is 7.99. The molecule has 0 heterocycles. The zero-order valence-corrected chi connectivity index (χ0v) is 10.7. The van der Waals surface area contributed by atoms with E-state index < -0.39 is 0 Å². The normalized spacial score (nSPS) is 12.4. The number of hydrazine groups is 1. The minimum absolute atomic E-state index is 0.187. The minimum atomic E-state index is 0.187. The number of nitrogens with two attached hydrogens (primary N) is 1. The van der Waals surface area contributed by atoms with Crippen LogP contribution in [0, 0.1) is 0 Å². The summed E-state index contributed by atoms with van der Waals surface area (Å²) < 4.78 is 5.20. The van der Waals surface area contributed by atoms with E-state index in [4.69, 9.17) is 10.6 Å². The van der Waals surface area contributed by atoms with Gasteiger partial charge in [-0.1, -0.05) is 19.1 Å². The van der Waals surface area contributed by atoms with Gasteiger partial charge < -0.3 is 4.74 Å².